The van der Waals surface area contributed by atoms with Crippen molar-refractivity contribution < 1.29 is 13.2 Å². The second-order valence-electron chi connectivity index (χ2n) is 4.81. The SMILES string of the molecule is COCc1cccc(NS(=O)(=O)CC2CCCN2)c1. The van der Waals surface area contributed by atoms with Gasteiger partial charge in [0, 0.05) is 18.8 Å². The molecule has 0 aromatic heterocycles. The standard InChI is InChI=1S/C13H20N2O3S/c1-18-9-11-4-2-5-12(8-11)15-19(16,17)10-13-6-3-7-14-13/h2,4-5,8,13-15H,3,6-7,9-10H2,1H3. The highest BCUT2D eigenvalue weighted by Crippen LogP contribution is 2.15. The summed E-state index contributed by atoms with van der Waals surface area (Å²) in [6, 6.07) is 7.33. The first-order valence-electron chi connectivity index (χ1n) is 6.41. The summed E-state index contributed by atoms with van der Waals surface area (Å²) < 4.78 is 31.7. The van der Waals surface area contributed by atoms with Gasteiger partial charge in [0.05, 0.1) is 12.4 Å². The molecule has 1 saturated heterocycles. The first kappa shape index (κ1) is 14.3. The largest absolute Gasteiger partial charge is 0.380 e. The van der Waals surface area contributed by atoms with Crippen LogP contribution in [0.4, 0.5) is 5.69 Å². The van der Waals surface area contributed by atoms with Crippen LogP contribution in [0, 0.1) is 0 Å². The van der Waals surface area contributed by atoms with E-state index in [1.165, 1.54) is 0 Å². The van der Waals surface area contributed by atoms with E-state index in [2.05, 4.69) is 10.0 Å². The first-order chi connectivity index (χ1) is 9.09. The van der Waals surface area contributed by atoms with E-state index < -0.39 is 10.0 Å². The molecule has 2 N–H and O–H groups in total. The molecule has 106 valence electrons. The van der Waals surface area contributed by atoms with Crippen LogP contribution in [0.2, 0.25) is 0 Å². The number of anilines is 1. The highest BCUT2D eigenvalue weighted by molar-refractivity contribution is 7.92. The van der Waals surface area contributed by atoms with Gasteiger partial charge in [-0.2, -0.15) is 0 Å². The number of rotatable bonds is 6. The summed E-state index contributed by atoms with van der Waals surface area (Å²) in [7, 11) is -1.69. The van der Waals surface area contributed by atoms with Crippen LogP contribution >= 0.6 is 0 Å². The Bertz CT molecular complexity index is 510. The van der Waals surface area contributed by atoms with E-state index in [0.29, 0.717) is 12.3 Å². The predicted molar refractivity (Wildman–Crippen MR) is 75.6 cm³/mol. The second kappa shape index (κ2) is 6.36. The fourth-order valence-corrected chi connectivity index (χ4v) is 3.66. The highest BCUT2D eigenvalue weighted by Gasteiger charge is 2.21. The van der Waals surface area contributed by atoms with Crippen LogP contribution in [0.5, 0.6) is 0 Å². The maximum absolute atomic E-state index is 12.0. The lowest BCUT2D eigenvalue weighted by Crippen LogP contribution is -2.32. The summed E-state index contributed by atoms with van der Waals surface area (Å²) in [5, 5.41) is 3.19. The number of benzene rings is 1. The van der Waals surface area contributed by atoms with Gasteiger partial charge >= 0.3 is 0 Å². The molecule has 6 heteroatoms. The third-order valence-electron chi connectivity index (χ3n) is 3.09. The van der Waals surface area contributed by atoms with Crippen LogP contribution in [0.3, 0.4) is 0 Å². The number of ether oxygens (including phenoxy) is 1. The molecule has 0 spiro atoms. The highest BCUT2D eigenvalue weighted by atomic mass is 32.2. The monoisotopic (exact) mass is 284 g/mol. The van der Waals surface area contributed by atoms with Crippen LogP contribution in [0.15, 0.2) is 24.3 Å². The van der Waals surface area contributed by atoms with E-state index in [-0.39, 0.29) is 11.8 Å². The minimum absolute atomic E-state index is 0.0691. The lowest BCUT2D eigenvalue weighted by atomic mass is 10.2. The van der Waals surface area contributed by atoms with Gasteiger partial charge in [0.2, 0.25) is 10.0 Å². The van der Waals surface area contributed by atoms with Gasteiger partial charge in [-0.15, -0.1) is 0 Å². The zero-order valence-electron chi connectivity index (χ0n) is 11.1. The Morgan fingerprint density at radius 2 is 2.32 bits per heavy atom. The van der Waals surface area contributed by atoms with Gasteiger partial charge in [-0.1, -0.05) is 12.1 Å². The molecular formula is C13H20N2O3S. The lowest BCUT2D eigenvalue weighted by Gasteiger charge is -2.13. The van der Waals surface area contributed by atoms with Crippen molar-refractivity contribution in [1.82, 2.24) is 5.32 Å². The van der Waals surface area contributed by atoms with Gasteiger partial charge in [0.1, 0.15) is 0 Å². The molecule has 1 unspecified atom stereocenters. The summed E-state index contributed by atoms with van der Waals surface area (Å²) in [5.74, 6) is 0.126. The Balaban J connectivity index is 2.00. The smallest absolute Gasteiger partial charge is 0.234 e. The quantitative estimate of drug-likeness (QED) is 0.827. The molecule has 2 rings (SSSR count). The van der Waals surface area contributed by atoms with Crippen molar-refractivity contribution in [2.45, 2.75) is 25.5 Å². The molecule has 1 aliphatic rings. The van der Waals surface area contributed by atoms with Crippen LogP contribution in [0.25, 0.3) is 0 Å². The molecule has 0 saturated carbocycles. The normalized spacial score (nSPS) is 19.5. The molecule has 0 radical (unpaired) electrons. The summed E-state index contributed by atoms with van der Waals surface area (Å²) in [6.07, 6.45) is 1.97. The van der Waals surface area contributed by atoms with E-state index in [4.69, 9.17) is 4.74 Å². The van der Waals surface area contributed by atoms with Crippen molar-refractivity contribution in [1.29, 1.82) is 0 Å². The third kappa shape index (κ3) is 4.49. The Hall–Kier alpha value is -1.11. The average Bonchev–Trinajstić information content (AvgIpc) is 2.81. The van der Waals surface area contributed by atoms with Gasteiger partial charge < -0.3 is 10.1 Å². The van der Waals surface area contributed by atoms with E-state index in [1.807, 2.05) is 12.1 Å². The van der Waals surface area contributed by atoms with Crippen LogP contribution in [0.1, 0.15) is 18.4 Å². The topological polar surface area (TPSA) is 67.4 Å². The van der Waals surface area contributed by atoms with Crippen molar-refractivity contribution in [2.24, 2.45) is 0 Å². The van der Waals surface area contributed by atoms with E-state index >= 15 is 0 Å². The minimum Gasteiger partial charge on any atom is -0.380 e. The number of methoxy groups -OCH3 is 1. The summed E-state index contributed by atoms with van der Waals surface area (Å²) in [6.45, 7) is 1.38. The van der Waals surface area contributed by atoms with Gasteiger partial charge in [-0.3, -0.25) is 4.72 Å². The molecule has 0 amide bonds. The zero-order valence-corrected chi connectivity index (χ0v) is 11.9. The van der Waals surface area contributed by atoms with Gasteiger partial charge in [0.15, 0.2) is 0 Å². The molecular weight excluding hydrogens is 264 g/mol. The molecule has 1 atom stereocenters. The zero-order chi connectivity index (χ0) is 13.7. The number of nitrogens with one attached hydrogen (secondary N) is 2. The summed E-state index contributed by atoms with van der Waals surface area (Å²) in [5.41, 5.74) is 1.54. The Morgan fingerprint density at radius 3 is 3.00 bits per heavy atom. The first-order valence-corrected chi connectivity index (χ1v) is 8.06. The molecule has 1 fully saturated rings. The van der Waals surface area contributed by atoms with Crippen LogP contribution in [-0.4, -0.2) is 33.9 Å². The molecule has 1 heterocycles. The van der Waals surface area contributed by atoms with Crippen molar-refractivity contribution in [3.63, 3.8) is 0 Å². The third-order valence-corrected chi connectivity index (χ3v) is 4.48. The maximum Gasteiger partial charge on any atom is 0.234 e. The number of hydrogen-bond acceptors (Lipinski definition) is 4. The van der Waals surface area contributed by atoms with E-state index in [9.17, 15) is 8.42 Å². The number of hydrogen-bond donors (Lipinski definition) is 2. The average molecular weight is 284 g/mol. The fourth-order valence-electron chi connectivity index (χ4n) is 2.28. The van der Waals surface area contributed by atoms with Gasteiger partial charge in [-0.05, 0) is 37.1 Å². The van der Waals surface area contributed by atoms with Crippen LogP contribution in [-0.2, 0) is 21.4 Å². The molecule has 0 aliphatic carbocycles. The minimum atomic E-state index is -3.30. The Labute approximate surface area is 114 Å². The molecule has 1 aliphatic heterocycles. The molecule has 1 aromatic rings. The Morgan fingerprint density at radius 1 is 1.47 bits per heavy atom. The van der Waals surface area contributed by atoms with Gasteiger partial charge in [0.25, 0.3) is 0 Å². The van der Waals surface area contributed by atoms with Crippen LogP contribution < -0.4 is 10.0 Å². The van der Waals surface area contributed by atoms with E-state index in [1.54, 1.807) is 19.2 Å². The summed E-state index contributed by atoms with van der Waals surface area (Å²) >= 11 is 0. The Kier molecular flexibility index (Phi) is 4.79. The molecule has 0 bridgehead atoms. The number of sulfonamides is 1. The fraction of sp³-hybridized carbons (Fsp3) is 0.538. The molecule has 5 nitrogen and oxygen atoms in total. The lowest BCUT2D eigenvalue weighted by molar-refractivity contribution is 0.185. The van der Waals surface area contributed by atoms with Crippen molar-refractivity contribution >= 4 is 15.7 Å². The molecule has 19 heavy (non-hydrogen) atoms. The van der Waals surface area contributed by atoms with Crippen molar-refractivity contribution in [2.75, 3.05) is 24.1 Å². The molecule has 1 aromatic carbocycles. The van der Waals surface area contributed by atoms with Crippen molar-refractivity contribution in [3.8, 4) is 0 Å². The van der Waals surface area contributed by atoms with Crippen molar-refractivity contribution in [3.05, 3.63) is 29.8 Å². The maximum atomic E-state index is 12.0. The predicted octanol–water partition coefficient (Wildman–Crippen LogP) is 1.33. The summed E-state index contributed by atoms with van der Waals surface area (Å²) in [4.78, 5) is 0. The second-order valence-corrected chi connectivity index (χ2v) is 6.58. The van der Waals surface area contributed by atoms with E-state index in [0.717, 1.165) is 24.9 Å². The van der Waals surface area contributed by atoms with Gasteiger partial charge in [-0.25, -0.2) is 8.42 Å².